The van der Waals surface area contributed by atoms with Gasteiger partial charge in [-0.2, -0.15) is 0 Å². The summed E-state index contributed by atoms with van der Waals surface area (Å²) in [6.07, 6.45) is 1.86. The minimum Gasteiger partial charge on any atom is -0.496 e. The van der Waals surface area contributed by atoms with Crippen LogP contribution in [0.15, 0.2) is 28.9 Å². The summed E-state index contributed by atoms with van der Waals surface area (Å²) >= 11 is 3.46. The first kappa shape index (κ1) is 13.1. The number of ether oxygens (including phenoxy) is 1. The monoisotopic (exact) mass is 309 g/mol. The second-order valence-electron chi connectivity index (χ2n) is 4.34. The number of nitrogens with one attached hydrogen (secondary N) is 1. The number of benzene rings is 1. The van der Waals surface area contributed by atoms with Crippen LogP contribution in [-0.2, 0) is 6.54 Å². The van der Waals surface area contributed by atoms with Gasteiger partial charge in [0.15, 0.2) is 0 Å². The number of nitrogens with zero attached hydrogens (tertiary/aromatic N) is 2. The second kappa shape index (κ2) is 5.54. The van der Waals surface area contributed by atoms with Crippen LogP contribution < -0.4 is 4.74 Å². The number of H-pyrrole nitrogens is 1. The highest BCUT2D eigenvalue weighted by molar-refractivity contribution is 9.10. The molecule has 1 N–H and O–H groups in total. The Bertz CT molecular complexity index is 537. The second-order valence-corrected chi connectivity index (χ2v) is 5.26. The summed E-state index contributed by atoms with van der Waals surface area (Å²) in [6, 6.07) is 5.87. The summed E-state index contributed by atoms with van der Waals surface area (Å²) in [5.41, 5.74) is 2.04. The number of rotatable bonds is 4. The zero-order valence-corrected chi connectivity index (χ0v) is 12.3. The Hall–Kier alpha value is -1.33. The molecule has 0 aliphatic heterocycles. The van der Waals surface area contributed by atoms with Crippen molar-refractivity contribution >= 4 is 15.9 Å². The highest BCUT2D eigenvalue weighted by atomic mass is 79.9. The Morgan fingerprint density at radius 1 is 1.39 bits per heavy atom. The summed E-state index contributed by atoms with van der Waals surface area (Å²) < 4.78 is 6.36. The molecule has 0 saturated heterocycles. The Balaban J connectivity index is 2.36. The third-order valence-electron chi connectivity index (χ3n) is 2.53. The lowest BCUT2D eigenvalue weighted by atomic mass is 10.2. The fourth-order valence-electron chi connectivity index (χ4n) is 1.78. The highest BCUT2D eigenvalue weighted by Gasteiger charge is 2.10. The third-order valence-corrected chi connectivity index (χ3v) is 3.02. The molecule has 96 valence electrons. The van der Waals surface area contributed by atoms with E-state index in [1.807, 2.05) is 38.5 Å². The Morgan fingerprint density at radius 3 is 2.83 bits per heavy atom. The Labute approximate surface area is 115 Å². The van der Waals surface area contributed by atoms with Crippen molar-refractivity contribution in [2.75, 3.05) is 21.2 Å². The molecule has 4 nitrogen and oxygen atoms in total. The van der Waals surface area contributed by atoms with E-state index in [0.717, 1.165) is 33.8 Å². The maximum absolute atomic E-state index is 5.35. The van der Waals surface area contributed by atoms with Gasteiger partial charge in [0.25, 0.3) is 0 Å². The van der Waals surface area contributed by atoms with Crippen molar-refractivity contribution in [3.63, 3.8) is 0 Å². The van der Waals surface area contributed by atoms with Crippen LogP contribution in [0, 0.1) is 0 Å². The van der Waals surface area contributed by atoms with Crippen LogP contribution in [-0.4, -0.2) is 36.1 Å². The fraction of sp³-hybridized carbons (Fsp3) is 0.308. The van der Waals surface area contributed by atoms with Gasteiger partial charge in [-0.05, 0) is 32.3 Å². The van der Waals surface area contributed by atoms with Gasteiger partial charge in [0.05, 0.1) is 12.7 Å². The van der Waals surface area contributed by atoms with E-state index in [9.17, 15) is 0 Å². The van der Waals surface area contributed by atoms with E-state index < -0.39 is 0 Å². The normalized spacial score (nSPS) is 10.9. The summed E-state index contributed by atoms with van der Waals surface area (Å²) in [5.74, 6) is 1.63. The molecule has 2 aromatic rings. The van der Waals surface area contributed by atoms with E-state index in [0.29, 0.717) is 0 Å². The highest BCUT2D eigenvalue weighted by Crippen LogP contribution is 2.30. The molecule has 0 spiro atoms. The van der Waals surface area contributed by atoms with Crippen molar-refractivity contribution in [2.24, 2.45) is 0 Å². The van der Waals surface area contributed by atoms with E-state index in [4.69, 9.17) is 4.74 Å². The molecule has 0 unspecified atom stereocenters. The van der Waals surface area contributed by atoms with Crippen LogP contribution in [0.3, 0.4) is 0 Å². The standard InChI is InChI=1S/C13H16BrN3O/c1-17(2)8-10-7-15-13(16-10)11-6-9(14)4-5-12(11)18-3/h4-7H,8H2,1-3H3,(H,15,16). The van der Waals surface area contributed by atoms with E-state index in [-0.39, 0.29) is 0 Å². The van der Waals surface area contributed by atoms with Gasteiger partial charge in [0.1, 0.15) is 11.6 Å². The molecule has 5 heteroatoms. The van der Waals surface area contributed by atoms with E-state index in [1.165, 1.54) is 0 Å². The molecule has 0 aliphatic rings. The number of hydrogen-bond donors (Lipinski definition) is 1. The molecule has 1 aromatic heterocycles. The third kappa shape index (κ3) is 2.91. The molecule has 0 aliphatic carbocycles. The summed E-state index contributed by atoms with van der Waals surface area (Å²) in [6.45, 7) is 0.837. The van der Waals surface area contributed by atoms with Gasteiger partial charge in [-0.3, -0.25) is 0 Å². The first-order valence-electron chi connectivity index (χ1n) is 5.62. The number of aromatic amines is 1. The quantitative estimate of drug-likeness (QED) is 0.944. The SMILES string of the molecule is COc1ccc(Br)cc1-c1ncc(CN(C)C)[nH]1. The van der Waals surface area contributed by atoms with Gasteiger partial charge >= 0.3 is 0 Å². The average molecular weight is 310 g/mol. The molecule has 1 aromatic carbocycles. The van der Waals surface area contributed by atoms with Crippen LogP contribution in [0.2, 0.25) is 0 Å². The molecular weight excluding hydrogens is 294 g/mol. The Morgan fingerprint density at radius 2 is 2.17 bits per heavy atom. The average Bonchev–Trinajstić information content (AvgIpc) is 2.76. The van der Waals surface area contributed by atoms with Crippen molar-refractivity contribution < 1.29 is 4.74 Å². The van der Waals surface area contributed by atoms with E-state index in [1.54, 1.807) is 7.11 Å². The molecule has 0 fully saturated rings. The maximum Gasteiger partial charge on any atom is 0.141 e. The van der Waals surface area contributed by atoms with Crippen molar-refractivity contribution in [2.45, 2.75) is 6.54 Å². The van der Waals surface area contributed by atoms with Crippen LogP contribution in [0.5, 0.6) is 5.75 Å². The van der Waals surface area contributed by atoms with Crippen molar-refractivity contribution in [1.29, 1.82) is 0 Å². The molecular formula is C13H16BrN3O. The number of hydrogen-bond acceptors (Lipinski definition) is 3. The summed E-state index contributed by atoms with van der Waals surface area (Å²) in [7, 11) is 5.72. The van der Waals surface area contributed by atoms with Crippen molar-refractivity contribution in [3.05, 3.63) is 34.6 Å². The molecule has 0 amide bonds. The number of methoxy groups -OCH3 is 1. The minimum atomic E-state index is 0.809. The molecule has 0 atom stereocenters. The number of halogens is 1. The van der Waals surface area contributed by atoms with Gasteiger partial charge in [-0.25, -0.2) is 4.98 Å². The van der Waals surface area contributed by atoms with Crippen LogP contribution >= 0.6 is 15.9 Å². The first-order valence-corrected chi connectivity index (χ1v) is 6.42. The largest absolute Gasteiger partial charge is 0.496 e. The maximum atomic E-state index is 5.35. The smallest absolute Gasteiger partial charge is 0.141 e. The van der Waals surface area contributed by atoms with E-state index in [2.05, 4.69) is 30.8 Å². The fourth-order valence-corrected chi connectivity index (χ4v) is 2.14. The molecule has 0 bridgehead atoms. The first-order chi connectivity index (χ1) is 8.60. The molecule has 0 saturated carbocycles. The van der Waals surface area contributed by atoms with Crippen LogP contribution in [0.25, 0.3) is 11.4 Å². The van der Waals surface area contributed by atoms with Crippen LogP contribution in [0.4, 0.5) is 0 Å². The van der Waals surface area contributed by atoms with Crippen molar-refractivity contribution in [3.8, 4) is 17.1 Å². The predicted octanol–water partition coefficient (Wildman–Crippen LogP) is 2.91. The molecule has 18 heavy (non-hydrogen) atoms. The zero-order chi connectivity index (χ0) is 13.1. The zero-order valence-electron chi connectivity index (χ0n) is 10.7. The topological polar surface area (TPSA) is 41.1 Å². The van der Waals surface area contributed by atoms with Crippen molar-refractivity contribution in [1.82, 2.24) is 14.9 Å². The van der Waals surface area contributed by atoms with Gasteiger partial charge < -0.3 is 14.6 Å². The lowest BCUT2D eigenvalue weighted by Gasteiger charge is -2.08. The lowest BCUT2D eigenvalue weighted by Crippen LogP contribution is -2.10. The van der Waals surface area contributed by atoms with Gasteiger partial charge in [0.2, 0.25) is 0 Å². The van der Waals surface area contributed by atoms with Gasteiger partial charge in [-0.15, -0.1) is 0 Å². The molecule has 0 radical (unpaired) electrons. The Kier molecular flexibility index (Phi) is 4.04. The molecule has 2 rings (SSSR count). The predicted molar refractivity (Wildman–Crippen MR) is 75.7 cm³/mol. The molecule has 1 heterocycles. The number of aromatic nitrogens is 2. The van der Waals surface area contributed by atoms with Gasteiger partial charge in [-0.1, -0.05) is 15.9 Å². The minimum absolute atomic E-state index is 0.809. The summed E-state index contributed by atoms with van der Waals surface area (Å²) in [4.78, 5) is 9.81. The lowest BCUT2D eigenvalue weighted by molar-refractivity contribution is 0.397. The van der Waals surface area contributed by atoms with Gasteiger partial charge in [0, 0.05) is 22.9 Å². The summed E-state index contributed by atoms with van der Waals surface area (Å²) in [5, 5.41) is 0. The van der Waals surface area contributed by atoms with E-state index >= 15 is 0 Å². The number of imidazole rings is 1. The van der Waals surface area contributed by atoms with Crippen LogP contribution in [0.1, 0.15) is 5.69 Å².